The molecule has 111 heavy (non-hydrogen) atoms. The summed E-state index contributed by atoms with van der Waals surface area (Å²) < 4.78 is 0. The predicted octanol–water partition coefficient (Wildman–Crippen LogP) is 30.4. The predicted molar refractivity (Wildman–Crippen MR) is 478 cm³/mol. The Labute approximate surface area is 655 Å². The lowest BCUT2D eigenvalue weighted by Gasteiger charge is -2.30. The molecule has 3 aliphatic carbocycles. The van der Waals surface area contributed by atoms with Crippen molar-refractivity contribution in [2.45, 2.75) is 110 Å². The lowest BCUT2D eigenvalue weighted by Crippen LogP contribution is -2.17. The Hall–Kier alpha value is -12.4. The molecule has 0 aliphatic heterocycles. The molecule has 0 saturated heterocycles. The van der Waals surface area contributed by atoms with Crippen molar-refractivity contribution < 1.29 is 0 Å². The first-order valence-electron chi connectivity index (χ1n) is 39.6. The summed E-state index contributed by atoms with van der Waals surface area (Å²) in [5.41, 5.74) is 34.5. The Kier molecular flexibility index (Phi) is 16.1. The molecular formula is C109H92N2. The van der Waals surface area contributed by atoms with Crippen molar-refractivity contribution in [3.05, 3.63) is 382 Å². The number of hydrogen-bond donors (Lipinski definition) is 0. The third-order valence-electron chi connectivity index (χ3n) is 24.9. The van der Waals surface area contributed by atoms with Crippen molar-refractivity contribution >= 4 is 102 Å². The normalized spacial score (nSPS) is 14.3. The van der Waals surface area contributed by atoms with Crippen molar-refractivity contribution in [2.75, 3.05) is 9.80 Å². The van der Waals surface area contributed by atoms with Gasteiger partial charge in [0.15, 0.2) is 0 Å². The molecule has 0 atom stereocenters. The Bertz CT molecular complexity index is 6160. The van der Waals surface area contributed by atoms with Crippen molar-refractivity contribution in [3.8, 4) is 55.6 Å². The second-order valence-corrected chi connectivity index (χ2v) is 35.0. The number of nitrogens with zero attached hydrogens (tertiary/aromatic N) is 2. The van der Waals surface area contributed by atoms with Gasteiger partial charge in [0, 0.05) is 49.8 Å². The third kappa shape index (κ3) is 11.8. The number of anilines is 6. The van der Waals surface area contributed by atoms with Crippen LogP contribution in [0.1, 0.15) is 150 Å². The second-order valence-electron chi connectivity index (χ2n) is 35.0. The molecule has 0 spiro atoms. The number of fused-ring (bicyclic) bond motifs is 13. The molecular weight excluding hydrogens is 1340 g/mol. The van der Waals surface area contributed by atoms with Crippen LogP contribution in [0.25, 0.3) is 123 Å². The van der Waals surface area contributed by atoms with Gasteiger partial charge in [-0.05, 0) is 238 Å². The molecule has 0 unspecified atom stereocenters. The van der Waals surface area contributed by atoms with Gasteiger partial charge in [-0.2, -0.15) is 0 Å². The van der Waals surface area contributed by atoms with E-state index in [9.17, 15) is 0 Å². The molecule has 16 aromatic carbocycles. The van der Waals surface area contributed by atoms with Gasteiger partial charge in [-0.3, -0.25) is 0 Å². The van der Waals surface area contributed by atoms with Gasteiger partial charge in [0.2, 0.25) is 0 Å². The van der Waals surface area contributed by atoms with Crippen molar-refractivity contribution in [1.82, 2.24) is 0 Å². The number of hydrogen-bond acceptors (Lipinski definition) is 2. The summed E-state index contributed by atoms with van der Waals surface area (Å²) >= 11 is 0. The fourth-order valence-electron chi connectivity index (χ4n) is 18.6. The van der Waals surface area contributed by atoms with Crippen LogP contribution in [0.3, 0.4) is 0 Å². The van der Waals surface area contributed by atoms with Gasteiger partial charge < -0.3 is 9.80 Å². The summed E-state index contributed by atoms with van der Waals surface area (Å²) in [7, 11) is 0. The van der Waals surface area contributed by atoms with Gasteiger partial charge in [0.05, 0.1) is 11.4 Å². The molecule has 0 radical (unpaired) electrons. The van der Waals surface area contributed by atoms with E-state index >= 15 is 0 Å². The average Bonchev–Trinajstić information content (AvgIpc) is 1.62. The van der Waals surface area contributed by atoms with E-state index in [4.69, 9.17) is 0 Å². The summed E-state index contributed by atoms with van der Waals surface area (Å²) in [5.74, 6) is 0. The minimum absolute atomic E-state index is 0.0278. The van der Waals surface area contributed by atoms with E-state index in [-0.39, 0.29) is 27.1 Å². The largest absolute Gasteiger partial charge is 0.310 e. The molecule has 538 valence electrons. The van der Waals surface area contributed by atoms with E-state index < -0.39 is 0 Å². The minimum atomic E-state index is -0.251. The van der Waals surface area contributed by atoms with E-state index in [2.05, 4.69) is 433 Å². The monoisotopic (exact) mass is 1430 g/mol. The van der Waals surface area contributed by atoms with Gasteiger partial charge in [0.25, 0.3) is 0 Å². The number of benzene rings is 16. The zero-order valence-corrected chi connectivity index (χ0v) is 65.7. The van der Waals surface area contributed by atoms with Gasteiger partial charge in [-0.25, -0.2) is 0 Å². The Morgan fingerprint density at radius 3 is 0.820 bits per heavy atom. The molecule has 16 aromatic rings. The zero-order chi connectivity index (χ0) is 76.0. The van der Waals surface area contributed by atoms with E-state index in [1.54, 1.807) is 0 Å². The van der Waals surface area contributed by atoms with Gasteiger partial charge in [0.1, 0.15) is 0 Å². The van der Waals surface area contributed by atoms with Crippen molar-refractivity contribution in [3.63, 3.8) is 0 Å². The molecule has 19 rings (SSSR count). The van der Waals surface area contributed by atoms with Crippen molar-refractivity contribution in [1.29, 1.82) is 0 Å². The van der Waals surface area contributed by atoms with E-state index in [1.807, 2.05) is 0 Å². The molecule has 0 N–H and O–H groups in total. The molecule has 0 aromatic heterocycles. The molecule has 3 aliphatic rings. The van der Waals surface area contributed by atoms with E-state index in [0.29, 0.717) is 0 Å². The minimum Gasteiger partial charge on any atom is -0.310 e. The van der Waals surface area contributed by atoms with Crippen molar-refractivity contribution in [2.24, 2.45) is 0 Å². The summed E-state index contributed by atoms with van der Waals surface area (Å²) in [4.78, 5) is 4.97. The van der Waals surface area contributed by atoms with Crippen LogP contribution >= 0.6 is 0 Å². The van der Waals surface area contributed by atoms with Crippen LogP contribution in [0.15, 0.2) is 315 Å². The first-order chi connectivity index (χ1) is 53.5. The van der Waals surface area contributed by atoms with Crippen LogP contribution < -0.4 is 9.80 Å². The van der Waals surface area contributed by atoms with E-state index in [0.717, 1.165) is 34.1 Å². The molecule has 0 amide bonds. The second kappa shape index (κ2) is 25.9. The summed E-state index contributed by atoms with van der Waals surface area (Å²) in [5, 5.41) is 9.88. The highest BCUT2D eigenvalue weighted by atomic mass is 15.1. The zero-order valence-electron chi connectivity index (χ0n) is 65.7. The SMILES string of the molecule is CC(C)(C)c1ccc(N(c2ccc3c(c2)C(C)(C)c2cc(C=Cc4ccc5c(c4)C(C)(C)c4cc(C=Cc6ccc7c(c6)C(C)(C)c6cc(N(c8ccc(C(C)(C)C)cc8)c8ccc(-c9ccc%10ccccc%10c9)c9ccccc89)ccc6-7)ccc4-5)ccc2-3)c2ccc(-c3ccc4ccccc4c3)c3ccccc23)cc1. The smallest absolute Gasteiger partial charge is 0.0540 e. The highest BCUT2D eigenvalue weighted by Gasteiger charge is 2.40. The molecule has 2 nitrogen and oxygen atoms in total. The van der Waals surface area contributed by atoms with Crippen LogP contribution in [0.5, 0.6) is 0 Å². The Morgan fingerprint density at radius 1 is 0.225 bits per heavy atom. The fourth-order valence-corrected chi connectivity index (χ4v) is 18.6. The summed E-state index contributed by atoms with van der Waals surface area (Å²) in [6.45, 7) is 28.2. The van der Waals surface area contributed by atoms with Crippen LogP contribution in [-0.2, 0) is 27.1 Å². The van der Waals surface area contributed by atoms with E-state index in [1.165, 1.54) is 165 Å². The Morgan fingerprint density at radius 2 is 0.495 bits per heavy atom. The lowest BCUT2D eigenvalue weighted by molar-refractivity contribution is 0.590. The Balaban J connectivity index is 0.578. The van der Waals surface area contributed by atoms with Crippen LogP contribution in [0.2, 0.25) is 0 Å². The quantitative estimate of drug-likeness (QED) is 0.113. The molecule has 0 saturated carbocycles. The third-order valence-corrected chi connectivity index (χ3v) is 24.9. The first-order valence-corrected chi connectivity index (χ1v) is 39.6. The fraction of sp³-hybridized carbons (Fsp3) is 0.156. The number of rotatable bonds is 12. The molecule has 0 heterocycles. The first kappa shape index (κ1) is 69.1. The van der Waals surface area contributed by atoms with Crippen LogP contribution in [0.4, 0.5) is 34.1 Å². The molecule has 0 bridgehead atoms. The maximum absolute atomic E-state index is 2.49. The standard InChI is InChI=1S/C109H92N2/c1-105(2,3)79-41-45-81(46-42-79)110(103-59-57-85(87-25-17-19-27-95(87)103)77-39-37-73-21-13-15-23-75(73)65-77)83-49-55-93-91-53-35-71(63-99(91)108(9,10)101(93)67-83)31-29-69-33-51-89-90-52-34-70(62-98(90)107(7,8)97(89)61-69)30-32-72-36-54-92-94-56-50-84(68-102(94)109(11,12)100(92)64-72)111(82-47-43-80(44-48-82)106(4,5)6)104-60-58-86(88-26-18-20-28-96(88)104)78-40-38-74-22-14-16-24-76(74)66-78/h13-68H,1-12H3. The van der Waals surface area contributed by atoms with Crippen LogP contribution in [0, 0.1) is 0 Å². The maximum atomic E-state index is 2.49. The van der Waals surface area contributed by atoms with Crippen LogP contribution in [-0.4, -0.2) is 0 Å². The van der Waals surface area contributed by atoms with Gasteiger partial charge in [-0.15, -0.1) is 0 Å². The summed E-state index contributed by atoms with van der Waals surface area (Å²) in [6.07, 6.45) is 9.25. The molecule has 2 heteroatoms. The molecule has 0 fully saturated rings. The maximum Gasteiger partial charge on any atom is 0.0540 e. The topological polar surface area (TPSA) is 6.48 Å². The average molecular weight is 1430 g/mol. The lowest BCUT2D eigenvalue weighted by atomic mass is 9.81. The van der Waals surface area contributed by atoms with Gasteiger partial charge >= 0.3 is 0 Å². The highest BCUT2D eigenvalue weighted by molar-refractivity contribution is 6.09. The summed E-state index contributed by atoms with van der Waals surface area (Å²) in [6, 6.07) is 119. The van der Waals surface area contributed by atoms with Gasteiger partial charge in [-0.1, -0.05) is 350 Å². The highest BCUT2D eigenvalue weighted by Crippen LogP contribution is 2.56.